The third kappa shape index (κ3) is 2.29. The van der Waals surface area contributed by atoms with E-state index in [2.05, 4.69) is 9.59 Å². The van der Waals surface area contributed by atoms with Crippen LogP contribution in [0.5, 0.6) is 5.75 Å². The summed E-state index contributed by atoms with van der Waals surface area (Å²) in [6.45, 7) is 0. The third-order valence-electron chi connectivity index (χ3n) is 1.71. The minimum atomic E-state index is -0.645. The van der Waals surface area contributed by atoms with Gasteiger partial charge in [-0.15, -0.1) is 5.10 Å². The second kappa shape index (κ2) is 4.46. The van der Waals surface area contributed by atoms with Crippen LogP contribution in [0.15, 0.2) is 24.3 Å². The highest BCUT2D eigenvalue weighted by Gasteiger charge is 2.16. The zero-order valence-corrected chi connectivity index (χ0v) is 9.46. The van der Waals surface area contributed by atoms with E-state index in [1.807, 2.05) is 0 Å². The Bertz CT molecular complexity index is 529. The number of hydrogen-bond acceptors (Lipinski definition) is 6. The van der Waals surface area contributed by atoms with Crippen molar-refractivity contribution in [2.45, 2.75) is 0 Å². The number of carbonyl (C=O) groups excluding carboxylic acids is 1. The van der Waals surface area contributed by atoms with E-state index in [0.717, 1.165) is 11.5 Å². The van der Waals surface area contributed by atoms with E-state index in [0.29, 0.717) is 10.8 Å². The number of nitrogens with zero attached hydrogens (tertiary/aromatic N) is 2. The average Bonchev–Trinajstić information content (AvgIpc) is 2.64. The van der Waals surface area contributed by atoms with Gasteiger partial charge in [-0.05, 0) is 18.2 Å². The van der Waals surface area contributed by atoms with Crippen molar-refractivity contribution in [1.29, 1.82) is 0 Å². The molecule has 0 fully saturated rings. The van der Waals surface area contributed by atoms with E-state index in [1.165, 1.54) is 6.07 Å². The lowest BCUT2D eigenvalue weighted by Crippen LogP contribution is -2.10. The predicted molar refractivity (Wildman–Crippen MR) is 60.7 cm³/mol. The van der Waals surface area contributed by atoms with Crippen molar-refractivity contribution in [2.75, 3.05) is 5.73 Å². The van der Waals surface area contributed by atoms with E-state index in [4.69, 9.17) is 22.1 Å². The summed E-state index contributed by atoms with van der Waals surface area (Å²) in [6, 6.07) is 6.49. The minimum absolute atomic E-state index is 0.0185. The molecule has 1 heterocycles. The SMILES string of the molecule is Nc1snnc1C(=O)Oc1cccc(Cl)c1. The van der Waals surface area contributed by atoms with E-state index in [9.17, 15) is 4.79 Å². The Kier molecular flexibility index (Phi) is 3.02. The van der Waals surface area contributed by atoms with E-state index >= 15 is 0 Å². The van der Waals surface area contributed by atoms with Crippen molar-refractivity contribution >= 4 is 34.1 Å². The number of anilines is 1. The molecule has 0 aliphatic carbocycles. The molecule has 0 amide bonds. The van der Waals surface area contributed by atoms with E-state index < -0.39 is 5.97 Å². The molecule has 0 spiro atoms. The summed E-state index contributed by atoms with van der Waals surface area (Å²) in [5.41, 5.74) is 5.51. The predicted octanol–water partition coefficient (Wildman–Crippen LogP) is 1.99. The summed E-state index contributed by atoms with van der Waals surface area (Å²) < 4.78 is 8.56. The maximum atomic E-state index is 11.6. The van der Waals surface area contributed by atoms with Gasteiger partial charge in [-0.1, -0.05) is 22.2 Å². The van der Waals surface area contributed by atoms with Crippen molar-refractivity contribution in [3.63, 3.8) is 0 Å². The molecule has 0 aliphatic heterocycles. The Balaban J connectivity index is 2.17. The van der Waals surface area contributed by atoms with Gasteiger partial charge in [-0.3, -0.25) is 0 Å². The van der Waals surface area contributed by atoms with Crippen LogP contribution in [0.1, 0.15) is 10.5 Å². The van der Waals surface area contributed by atoms with Crippen LogP contribution in [0.4, 0.5) is 5.00 Å². The summed E-state index contributed by atoms with van der Waals surface area (Å²) in [7, 11) is 0. The fourth-order valence-electron chi connectivity index (χ4n) is 1.03. The summed E-state index contributed by atoms with van der Waals surface area (Å²) in [4.78, 5) is 11.6. The van der Waals surface area contributed by atoms with Crippen LogP contribution in [-0.2, 0) is 0 Å². The highest BCUT2D eigenvalue weighted by Crippen LogP contribution is 2.20. The lowest BCUT2D eigenvalue weighted by Gasteiger charge is -2.02. The number of halogens is 1. The van der Waals surface area contributed by atoms with Crippen LogP contribution in [0.2, 0.25) is 5.02 Å². The fraction of sp³-hybridized carbons (Fsp3) is 0. The van der Waals surface area contributed by atoms with Crippen LogP contribution in [0.25, 0.3) is 0 Å². The number of ether oxygens (including phenoxy) is 1. The molecule has 0 aliphatic rings. The third-order valence-corrected chi connectivity index (χ3v) is 2.50. The molecule has 0 saturated carbocycles. The summed E-state index contributed by atoms with van der Waals surface area (Å²) >= 11 is 6.68. The number of carbonyl (C=O) groups is 1. The van der Waals surface area contributed by atoms with Crippen molar-refractivity contribution in [3.05, 3.63) is 35.0 Å². The van der Waals surface area contributed by atoms with Crippen LogP contribution in [-0.4, -0.2) is 15.6 Å². The number of nitrogen functional groups attached to an aromatic ring is 1. The second-order valence-electron chi connectivity index (χ2n) is 2.83. The fourth-order valence-corrected chi connectivity index (χ4v) is 1.63. The van der Waals surface area contributed by atoms with Gasteiger partial charge in [0.2, 0.25) is 5.69 Å². The quantitative estimate of drug-likeness (QED) is 0.656. The van der Waals surface area contributed by atoms with E-state index in [1.54, 1.807) is 18.2 Å². The Hall–Kier alpha value is -1.66. The minimum Gasteiger partial charge on any atom is -0.422 e. The van der Waals surface area contributed by atoms with Crippen molar-refractivity contribution < 1.29 is 9.53 Å². The summed E-state index contributed by atoms with van der Waals surface area (Å²) in [5, 5.41) is 4.28. The van der Waals surface area contributed by atoms with E-state index in [-0.39, 0.29) is 10.7 Å². The Labute approximate surface area is 100.0 Å². The molecule has 1 aromatic carbocycles. The molecule has 82 valence electrons. The first-order chi connectivity index (χ1) is 7.66. The molecule has 2 N–H and O–H groups in total. The van der Waals surface area contributed by atoms with Gasteiger partial charge < -0.3 is 10.5 Å². The molecule has 1 aromatic heterocycles. The number of esters is 1. The molecule has 2 aromatic rings. The lowest BCUT2D eigenvalue weighted by molar-refractivity contribution is 0.0730. The second-order valence-corrected chi connectivity index (χ2v) is 4.05. The first kappa shape index (κ1) is 10.8. The highest BCUT2D eigenvalue weighted by molar-refractivity contribution is 7.10. The Morgan fingerprint density at radius 1 is 1.50 bits per heavy atom. The van der Waals surface area contributed by atoms with Gasteiger partial charge in [0.1, 0.15) is 10.8 Å². The maximum Gasteiger partial charge on any atom is 0.367 e. The number of aromatic nitrogens is 2. The Morgan fingerprint density at radius 3 is 2.94 bits per heavy atom. The topological polar surface area (TPSA) is 78.1 Å². The van der Waals surface area contributed by atoms with Gasteiger partial charge in [0.05, 0.1) is 0 Å². The standard InChI is InChI=1S/C9H6ClN3O2S/c10-5-2-1-3-6(4-5)15-9(14)7-8(11)16-13-12-7/h1-4H,11H2. The molecular weight excluding hydrogens is 250 g/mol. The van der Waals surface area contributed by atoms with Gasteiger partial charge in [0.25, 0.3) is 0 Å². The van der Waals surface area contributed by atoms with Crippen molar-refractivity contribution in [1.82, 2.24) is 9.59 Å². The van der Waals surface area contributed by atoms with Crippen molar-refractivity contribution in [2.24, 2.45) is 0 Å². The molecule has 0 saturated heterocycles. The average molecular weight is 256 g/mol. The van der Waals surface area contributed by atoms with Gasteiger partial charge in [-0.2, -0.15) is 0 Å². The monoisotopic (exact) mass is 255 g/mol. The molecule has 16 heavy (non-hydrogen) atoms. The number of benzene rings is 1. The molecule has 0 bridgehead atoms. The maximum absolute atomic E-state index is 11.6. The number of nitrogens with two attached hydrogens (primary N) is 1. The van der Waals surface area contributed by atoms with Crippen LogP contribution >= 0.6 is 23.1 Å². The first-order valence-corrected chi connectivity index (χ1v) is 5.37. The zero-order chi connectivity index (χ0) is 11.5. The van der Waals surface area contributed by atoms with Crippen LogP contribution in [0, 0.1) is 0 Å². The van der Waals surface area contributed by atoms with Gasteiger partial charge in [0.15, 0.2) is 0 Å². The molecule has 2 rings (SSSR count). The lowest BCUT2D eigenvalue weighted by atomic mass is 10.3. The normalized spacial score (nSPS) is 10.1. The van der Waals surface area contributed by atoms with Crippen LogP contribution < -0.4 is 10.5 Å². The smallest absolute Gasteiger partial charge is 0.367 e. The molecule has 0 radical (unpaired) electrons. The van der Waals surface area contributed by atoms with Gasteiger partial charge in [0, 0.05) is 16.6 Å². The van der Waals surface area contributed by atoms with Crippen molar-refractivity contribution in [3.8, 4) is 5.75 Å². The molecular formula is C9H6ClN3O2S. The molecule has 5 nitrogen and oxygen atoms in total. The van der Waals surface area contributed by atoms with Gasteiger partial charge >= 0.3 is 5.97 Å². The van der Waals surface area contributed by atoms with Crippen LogP contribution in [0.3, 0.4) is 0 Å². The molecule has 7 heteroatoms. The number of hydrogen-bond donors (Lipinski definition) is 1. The summed E-state index contributed by atoms with van der Waals surface area (Å²) in [6.07, 6.45) is 0. The summed E-state index contributed by atoms with van der Waals surface area (Å²) in [5.74, 6) is -0.307. The number of rotatable bonds is 2. The highest BCUT2D eigenvalue weighted by atomic mass is 35.5. The Morgan fingerprint density at radius 2 is 2.31 bits per heavy atom. The molecule has 0 unspecified atom stereocenters. The van der Waals surface area contributed by atoms with Gasteiger partial charge in [-0.25, -0.2) is 4.79 Å². The zero-order valence-electron chi connectivity index (χ0n) is 7.88. The first-order valence-electron chi connectivity index (χ1n) is 4.22. The largest absolute Gasteiger partial charge is 0.422 e. The molecule has 0 atom stereocenters.